The predicted octanol–water partition coefficient (Wildman–Crippen LogP) is 1.59. The number of halogens is 3. The second-order valence-corrected chi connectivity index (χ2v) is 5.33. The highest BCUT2D eigenvalue weighted by Crippen LogP contribution is 2.44. The van der Waals surface area contributed by atoms with Crippen LogP contribution in [0.25, 0.3) is 0 Å². The molecule has 140 valence electrons. The fraction of sp³-hybridized carbons (Fsp3) is 0.385. The third-order valence-corrected chi connectivity index (χ3v) is 3.69. The number of carbonyl (C=O) groups excluding carboxylic acids is 2. The monoisotopic (exact) mass is 376 g/mol. The second-order valence-electron chi connectivity index (χ2n) is 5.33. The van der Waals surface area contributed by atoms with Crippen LogP contribution < -0.4 is 10.2 Å². The van der Waals surface area contributed by atoms with E-state index in [1.165, 1.54) is 0 Å². The summed E-state index contributed by atoms with van der Waals surface area (Å²) in [4.78, 5) is 43.3. The average Bonchev–Trinajstić information content (AvgIpc) is 2.52. The van der Waals surface area contributed by atoms with Gasteiger partial charge in [-0.1, -0.05) is 0 Å². The molecule has 0 radical (unpaired) electrons. The fourth-order valence-corrected chi connectivity index (χ4v) is 2.68. The quantitative estimate of drug-likeness (QED) is 0.625. The highest BCUT2D eigenvalue weighted by Gasteiger charge is 2.49. The van der Waals surface area contributed by atoms with E-state index in [1.807, 2.05) is 0 Å². The summed E-state index contributed by atoms with van der Waals surface area (Å²) in [6.07, 6.45) is -5.41. The molecule has 0 atom stereocenters. The lowest BCUT2D eigenvalue weighted by atomic mass is 9.96. The van der Waals surface area contributed by atoms with Crippen molar-refractivity contribution in [1.29, 1.82) is 0 Å². The Balaban J connectivity index is 2.91. The van der Waals surface area contributed by atoms with Gasteiger partial charge in [0, 0.05) is 25.1 Å². The smallest absolute Gasteiger partial charge is 0.312 e. The number of fused-ring (bicyclic) bond motifs is 1. The molecule has 2 rings (SSSR count). The molecule has 0 spiro atoms. The molecule has 0 unspecified atom stereocenters. The van der Waals surface area contributed by atoms with E-state index in [9.17, 15) is 43.0 Å². The molecule has 0 saturated carbocycles. The summed E-state index contributed by atoms with van der Waals surface area (Å²) in [5.74, 6) is -4.29. The van der Waals surface area contributed by atoms with E-state index in [4.69, 9.17) is 0 Å². The van der Waals surface area contributed by atoms with E-state index in [2.05, 4.69) is 5.32 Å². The number of nitrogens with zero attached hydrogens (tertiary/aromatic N) is 3. The highest BCUT2D eigenvalue weighted by atomic mass is 19.4. The summed E-state index contributed by atoms with van der Waals surface area (Å²) in [5.41, 5.74) is -3.41. The number of imide groups is 1. The first-order valence-electron chi connectivity index (χ1n) is 7.07. The molecule has 26 heavy (non-hydrogen) atoms. The van der Waals surface area contributed by atoms with Gasteiger partial charge >= 0.3 is 23.5 Å². The Bertz CT molecular complexity index is 823. The largest absolute Gasteiger partial charge is 0.472 e. The number of nitrogens with one attached hydrogen (secondary N) is 1. The van der Waals surface area contributed by atoms with E-state index in [1.54, 1.807) is 0 Å². The molecule has 0 bridgehead atoms. The van der Waals surface area contributed by atoms with E-state index >= 15 is 0 Å². The lowest BCUT2D eigenvalue weighted by molar-refractivity contribution is -0.393. The standard InChI is InChI=1S/C13H11F3N4O6/c1-6(21)18(12(22)13(14,15)16)11-9(19(23)24)4-7-2-3-17-5-8(7)10(11)20(25)26/h4,17H,2-3,5H2,1H3. The van der Waals surface area contributed by atoms with Crippen LogP contribution in [0.5, 0.6) is 0 Å². The van der Waals surface area contributed by atoms with Crippen LogP contribution in [0, 0.1) is 20.2 Å². The van der Waals surface area contributed by atoms with Gasteiger partial charge < -0.3 is 5.32 Å². The average molecular weight is 376 g/mol. The number of nitro benzene ring substituents is 2. The number of alkyl halides is 3. The van der Waals surface area contributed by atoms with Crippen LogP contribution in [0.4, 0.5) is 30.2 Å². The maximum absolute atomic E-state index is 12.9. The second kappa shape index (κ2) is 6.67. The van der Waals surface area contributed by atoms with E-state index in [0.29, 0.717) is 13.5 Å². The normalized spacial score (nSPS) is 13.7. The fourth-order valence-electron chi connectivity index (χ4n) is 2.68. The molecule has 1 aromatic rings. The van der Waals surface area contributed by atoms with Gasteiger partial charge in [-0.15, -0.1) is 0 Å². The van der Waals surface area contributed by atoms with Crippen LogP contribution in [0.1, 0.15) is 18.1 Å². The Morgan fingerprint density at radius 1 is 1.23 bits per heavy atom. The molecule has 0 aliphatic carbocycles. The van der Waals surface area contributed by atoms with Gasteiger partial charge in [0.1, 0.15) is 0 Å². The molecule has 0 aromatic heterocycles. The lowest BCUT2D eigenvalue weighted by Crippen LogP contribution is -2.45. The van der Waals surface area contributed by atoms with Crippen LogP contribution in [-0.2, 0) is 22.6 Å². The summed E-state index contributed by atoms with van der Waals surface area (Å²) in [6.45, 7) is 0.746. The zero-order valence-corrected chi connectivity index (χ0v) is 13.1. The number of amides is 2. The van der Waals surface area contributed by atoms with Crippen LogP contribution >= 0.6 is 0 Å². The summed E-state index contributed by atoms with van der Waals surface area (Å²) >= 11 is 0. The van der Waals surface area contributed by atoms with Gasteiger partial charge in [0.15, 0.2) is 0 Å². The Morgan fingerprint density at radius 2 is 1.85 bits per heavy atom. The zero-order valence-electron chi connectivity index (χ0n) is 13.1. The van der Waals surface area contributed by atoms with Crippen molar-refractivity contribution in [3.8, 4) is 0 Å². The molecule has 0 saturated heterocycles. The van der Waals surface area contributed by atoms with E-state index in [-0.39, 0.29) is 24.1 Å². The molecule has 10 nitrogen and oxygen atoms in total. The maximum atomic E-state index is 12.9. The van der Waals surface area contributed by atoms with E-state index in [0.717, 1.165) is 6.07 Å². The summed E-state index contributed by atoms with van der Waals surface area (Å²) in [7, 11) is 0. The molecule has 1 N–H and O–H groups in total. The number of benzene rings is 1. The number of hydrogen-bond acceptors (Lipinski definition) is 7. The summed E-state index contributed by atoms with van der Waals surface area (Å²) in [5, 5.41) is 25.6. The van der Waals surface area contributed by atoms with E-state index < -0.39 is 49.8 Å². The van der Waals surface area contributed by atoms with Crippen LogP contribution in [0.3, 0.4) is 0 Å². The predicted molar refractivity (Wildman–Crippen MR) is 79.4 cm³/mol. The van der Waals surface area contributed by atoms with Crippen molar-refractivity contribution in [2.45, 2.75) is 26.1 Å². The number of nitro groups is 2. The number of rotatable bonds is 3. The van der Waals surface area contributed by atoms with Gasteiger partial charge in [0.2, 0.25) is 11.6 Å². The Labute approximate surface area is 142 Å². The van der Waals surface area contributed by atoms with Crippen molar-refractivity contribution in [3.05, 3.63) is 37.4 Å². The first-order chi connectivity index (χ1) is 12.0. The minimum atomic E-state index is -5.57. The van der Waals surface area contributed by atoms with Gasteiger partial charge in [0.05, 0.1) is 9.85 Å². The minimum absolute atomic E-state index is 0.108. The molecule has 0 fully saturated rings. The van der Waals surface area contributed by atoms with Crippen LogP contribution in [0.2, 0.25) is 0 Å². The molecular weight excluding hydrogens is 365 g/mol. The van der Waals surface area contributed by atoms with Gasteiger partial charge in [-0.25, -0.2) is 4.90 Å². The number of hydrogen-bond donors (Lipinski definition) is 1. The molecule has 1 heterocycles. The lowest BCUT2D eigenvalue weighted by Gasteiger charge is -2.24. The van der Waals surface area contributed by atoms with Crippen LogP contribution in [-0.4, -0.2) is 34.4 Å². The minimum Gasteiger partial charge on any atom is -0.312 e. The van der Waals surface area contributed by atoms with Crippen molar-refractivity contribution in [3.63, 3.8) is 0 Å². The summed E-state index contributed by atoms with van der Waals surface area (Å²) in [6, 6.07) is 0.859. The highest BCUT2D eigenvalue weighted by molar-refractivity contribution is 6.18. The van der Waals surface area contributed by atoms with Crippen molar-refractivity contribution >= 4 is 28.9 Å². The molecular formula is C13H11F3N4O6. The molecule has 13 heteroatoms. The molecule has 1 aliphatic rings. The number of carbonyl (C=O) groups is 2. The van der Waals surface area contributed by atoms with Crippen molar-refractivity contribution < 1.29 is 32.6 Å². The van der Waals surface area contributed by atoms with Gasteiger partial charge in [-0.05, 0) is 18.5 Å². The zero-order chi connectivity index (χ0) is 19.8. The van der Waals surface area contributed by atoms with Crippen molar-refractivity contribution in [2.75, 3.05) is 11.4 Å². The molecule has 2 amide bonds. The van der Waals surface area contributed by atoms with Crippen molar-refractivity contribution in [1.82, 2.24) is 5.32 Å². The number of anilines is 1. The Hall–Kier alpha value is -3.09. The maximum Gasteiger partial charge on any atom is 0.472 e. The third-order valence-electron chi connectivity index (χ3n) is 3.69. The Morgan fingerprint density at radius 3 is 2.31 bits per heavy atom. The van der Waals surface area contributed by atoms with Crippen molar-refractivity contribution in [2.24, 2.45) is 0 Å². The summed E-state index contributed by atoms with van der Waals surface area (Å²) < 4.78 is 38.6. The Kier molecular flexibility index (Phi) is 4.93. The SMILES string of the molecule is CC(=O)N(C(=O)C(F)(F)F)c1c([N+](=O)[O-])cc2c(c1[N+](=O)[O-])CNCC2. The van der Waals surface area contributed by atoms with Gasteiger partial charge in [-0.2, -0.15) is 13.2 Å². The third kappa shape index (κ3) is 3.33. The first-order valence-corrected chi connectivity index (χ1v) is 7.07. The molecule has 1 aliphatic heterocycles. The van der Waals surface area contributed by atoms with Gasteiger partial charge in [0.25, 0.3) is 0 Å². The van der Waals surface area contributed by atoms with Crippen LogP contribution in [0.15, 0.2) is 6.07 Å². The topological polar surface area (TPSA) is 136 Å². The van der Waals surface area contributed by atoms with Gasteiger partial charge in [-0.3, -0.25) is 29.8 Å². The molecule has 1 aromatic carbocycles. The first kappa shape index (κ1) is 19.2.